The molecule has 84 valence electrons. The van der Waals surface area contributed by atoms with E-state index >= 15 is 0 Å². The van der Waals surface area contributed by atoms with Crippen molar-refractivity contribution in [3.8, 4) is 5.75 Å². The molecule has 0 saturated carbocycles. The van der Waals surface area contributed by atoms with Crippen molar-refractivity contribution in [2.75, 3.05) is 13.7 Å². The van der Waals surface area contributed by atoms with Gasteiger partial charge in [-0.05, 0) is 43.0 Å². The third-order valence-electron chi connectivity index (χ3n) is 2.85. The van der Waals surface area contributed by atoms with E-state index in [9.17, 15) is 0 Å². The Balaban J connectivity index is 3.33. The molecule has 0 heterocycles. The highest BCUT2D eigenvalue weighted by atomic mass is 32.1. The van der Waals surface area contributed by atoms with Crippen molar-refractivity contribution in [1.82, 2.24) is 0 Å². The summed E-state index contributed by atoms with van der Waals surface area (Å²) in [5, 5.41) is 0.105. The van der Waals surface area contributed by atoms with Gasteiger partial charge < -0.3 is 10.5 Å². The lowest BCUT2D eigenvalue weighted by Crippen LogP contribution is -2.10. The van der Waals surface area contributed by atoms with E-state index in [1.165, 1.54) is 16.7 Å². The van der Waals surface area contributed by atoms with Crippen LogP contribution in [0, 0.1) is 20.8 Å². The number of methoxy groups -OCH3 is 1. The van der Waals surface area contributed by atoms with E-state index in [1.807, 2.05) is 6.92 Å². The van der Waals surface area contributed by atoms with Gasteiger partial charge in [-0.15, -0.1) is 0 Å². The highest BCUT2D eigenvalue weighted by Crippen LogP contribution is 2.33. The number of rotatable bonds is 3. The lowest BCUT2D eigenvalue weighted by molar-refractivity contribution is 0.408. The molecule has 2 N–H and O–H groups in total. The van der Waals surface area contributed by atoms with E-state index in [-0.39, 0.29) is 5.25 Å². The van der Waals surface area contributed by atoms with Gasteiger partial charge in [-0.3, -0.25) is 0 Å². The molecule has 0 radical (unpaired) electrons. The minimum Gasteiger partial charge on any atom is -0.496 e. The number of hydrogen-bond acceptors (Lipinski definition) is 3. The van der Waals surface area contributed by atoms with Crippen molar-refractivity contribution in [3.63, 3.8) is 0 Å². The van der Waals surface area contributed by atoms with Crippen molar-refractivity contribution in [2.45, 2.75) is 26.0 Å². The molecule has 2 nitrogen and oxygen atoms in total. The molecule has 0 aliphatic carbocycles. The zero-order valence-corrected chi connectivity index (χ0v) is 10.7. The number of nitrogens with two attached hydrogens (primary N) is 1. The third-order valence-corrected chi connectivity index (χ3v) is 3.34. The fraction of sp³-hybridized carbons (Fsp3) is 0.500. The number of hydrogen-bond donors (Lipinski definition) is 2. The molecule has 1 aromatic rings. The van der Waals surface area contributed by atoms with E-state index in [2.05, 4.69) is 32.5 Å². The Hall–Kier alpha value is -0.670. The Morgan fingerprint density at radius 3 is 2.40 bits per heavy atom. The average molecular weight is 225 g/mol. The van der Waals surface area contributed by atoms with Gasteiger partial charge in [-0.25, -0.2) is 0 Å². The Kier molecular flexibility index (Phi) is 4.05. The monoisotopic (exact) mass is 225 g/mol. The summed E-state index contributed by atoms with van der Waals surface area (Å²) in [6.07, 6.45) is 0. The number of thiol groups is 1. The van der Waals surface area contributed by atoms with Gasteiger partial charge in [0, 0.05) is 11.8 Å². The SMILES string of the molecule is COc1c(C)cc(C(S)CN)c(C)c1C. The summed E-state index contributed by atoms with van der Waals surface area (Å²) in [5.74, 6) is 0.966. The first-order chi connectivity index (χ1) is 7.02. The van der Waals surface area contributed by atoms with Gasteiger partial charge in [0.05, 0.1) is 7.11 Å². The molecular formula is C12H19NOS. The molecule has 1 rings (SSSR count). The van der Waals surface area contributed by atoms with Crippen LogP contribution in [0.15, 0.2) is 6.07 Å². The van der Waals surface area contributed by atoms with Crippen molar-refractivity contribution in [3.05, 3.63) is 28.3 Å². The first-order valence-electron chi connectivity index (χ1n) is 5.05. The molecule has 0 spiro atoms. The molecule has 1 atom stereocenters. The smallest absolute Gasteiger partial charge is 0.124 e. The van der Waals surface area contributed by atoms with Gasteiger partial charge >= 0.3 is 0 Å². The van der Waals surface area contributed by atoms with Crippen molar-refractivity contribution < 1.29 is 4.74 Å². The van der Waals surface area contributed by atoms with Crippen LogP contribution < -0.4 is 10.5 Å². The molecule has 0 aliphatic rings. The fourth-order valence-corrected chi connectivity index (χ4v) is 2.14. The second-order valence-corrected chi connectivity index (χ2v) is 4.44. The minimum atomic E-state index is 0.105. The van der Waals surface area contributed by atoms with Gasteiger partial charge in [0.25, 0.3) is 0 Å². The van der Waals surface area contributed by atoms with Crippen LogP contribution in [-0.2, 0) is 0 Å². The van der Waals surface area contributed by atoms with Crippen molar-refractivity contribution in [2.24, 2.45) is 5.73 Å². The standard InChI is InChI=1S/C12H19NOS/c1-7-5-10(11(15)6-13)8(2)9(3)12(7)14-4/h5,11,15H,6,13H2,1-4H3. The summed E-state index contributed by atoms with van der Waals surface area (Å²) in [6.45, 7) is 6.76. The van der Waals surface area contributed by atoms with E-state index in [1.54, 1.807) is 7.11 Å². The van der Waals surface area contributed by atoms with Gasteiger partial charge in [0.15, 0.2) is 0 Å². The Labute approximate surface area is 97.2 Å². The summed E-state index contributed by atoms with van der Waals surface area (Å²) < 4.78 is 5.37. The molecular weight excluding hydrogens is 206 g/mol. The van der Waals surface area contributed by atoms with Gasteiger partial charge in [0.1, 0.15) is 5.75 Å². The van der Waals surface area contributed by atoms with Crippen molar-refractivity contribution in [1.29, 1.82) is 0 Å². The van der Waals surface area contributed by atoms with Gasteiger partial charge in [-0.1, -0.05) is 6.07 Å². The van der Waals surface area contributed by atoms with Crippen LogP contribution in [0.1, 0.15) is 27.5 Å². The lowest BCUT2D eigenvalue weighted by Gasteiger charge is -2.18. The molecule has 1 aromatic carbocycles. The highest BCUT2D eigenvalue weighted by molar-refractivity contribution is 7.80. The van der Waals surface area contributed by atoms with E-state index in [4.69, 9.17) is 10.5 Å². The lowest BCUT2D eigenvalue weighted by atomic mass is 9.96. The van der Waals surface area contributed by atoms with E-state index in [0.717, 1.165) is 11.3 Å². The van der Waals surface area contributed by atoms with E-state index in [0.29, 0.717) is 6.54 Å². The van der Waals surface area contributed by atoms with Crippen LogP contribution in [0.3, 0.4) is 0 Å². The summed E-state index contributed by atoms with van der Waals surface area (Å²) >= 11 is 4.48. The molecule has 3 heteroatoms. The molecule has 0 aromatic heterocycles. The van der Waals surface area contributed by atoms with E-state index < -0.39 is 0 Å². The average Bonchev–Trinajstić information content (AvgIpc) is 2.23. The molecule has 15 heavy (non-hydrogen) atoms. The second-order valence-electron chi connectivity index (χ2n) is 3.82. The second kappa shape index (κ2) is 4.90. The largest absolute Gasteiger partial charge is 0.496 e. The zero-order valence-electron chi connectivity index (χ0n) is 9.79. The maximum Gasteiger partial charge on any atom is 0.124 e. The van der Waals surface area contributed by atoms with Crippen LogP contribution >= 0.6 is 12.6 Å². The summed E-state index contributed by atoms with van der Waals surface area (Å²) in [5.41, 5.74) is 10.4. The predicted octanol–water partition coefficient (Wildman–Crippen LogP) is 2.55. The molecule has 0 bridgehead atoms. The number of ether oxygens (including phenoxy) is 1. The molecule has 0 saturated heterocycles. The van der Waals surface area contributed by atoms with Crippen LogP contribution in [0.25, 0.3) is 0 Å². The molecule has 0 amide bonds. The van der Waals surface area contributed by atoms with Crippen LogP contribution in [-0.4, -0.2) is 13.7 Å². The molecule has 1 unspecified atom stereocenters. The minimum absolute atomic E-state index is 0.105. The predicted molar refractivity (Wildman–Crippen MR) is 68.0 cm³/mol. The first-order valence-corrected chi connectivity index (χ1v) is 5.57. The fourth-order valence-electron chi connectivity index (χ4n) is 1.88. The Bertz CT molecular complexity index is 363. The van der Waals surface area contributed by atoms with Crippen LogP contribution in [0.4, 0.5) is 0 Å². The number of benzene rings is 1. The molecule has 0 fully saturated rings. The third kappa shape index (κ3) is 2.29. The summed E-state index contributed by atoms with van der Waals surface area (Å²) in [7, 11) is 1.70. The topological polar surface area (TPSA) is 35.2 Å². The maximum absolute atomic E-state index is 5.64. The zero-order chi connectivity index (χ0) is 11.6. The Morgan fingerprint density at radius 1 is 1.33 bits per heavy atom. The van der Waals surface area contributed by atoms with Crippen LogP contribution in [0.2, 0.25) is 0 Å². The normalized spacial score (nSPS) is 12.7. The summed E-state index contributed by atoms with van der Waals surface area (Å²) in [4.78, 5) is 0. The highest BCUT2D eigenvalue weighted by Gasteiger charge is 2.14. The number of aryl methyl sites for hydroxylation is 1. The summed E-state index contributed by atoms with van der Waals surface area (Å²) in [6, 6.07) is 2.12. The Morgan fingerprint density at radius 2 is 1.93 bits per heavy atom. The van der Waals surface area contributed by atoms with Crippen molar-refractivity contribution >= 4 is 12.6 Å². The quantitative estimate of drug-likeness (QED) is 0.775. The van der Waals surface area contributed by atoms with Gasteiger partial charge in [-0.2, -0.15) is 12.6 Å². The first kappa shape index (κ1) is 12.4. The van der Waals surface area contributed by atoms with Gasteiger partial charge in [0.2, 0.25) is 0 Å². The molecule has 0 aliphatic heterocycles. The maximum atomic E-state index is 5.64. The van der Waals surface area contributed by atoms with Crippen LogP contribution in [0.5, 0.6) is 5.75 Å².